The van der Waals surface area contributed by atoms with Crippen LogP contribution in [-0.2, 0) is 11.2 Å². The summed E-state index contributed by atoms with van der Waals surface area (Å²) in [5.41, 5.74) is 1.25. The summed E-state index contributed by atoms with van der Waals surface area (Å²) in [5.74, 6) is -0.0870. The minimum Gasteiger partial charge on any atom is -0.381 e. The summed E-state index contributed by atoms with van der Waals surface area (Å²) in [6, 6.07) is 3.45. The molecule has 1 fully saturated rings. The summed E-state index contributed by atoms with van der Waals surface area (Å²) in [7, 11) is 0. The molecule has 0 unspecified atom stereocenters. The van der Waals surface area contributed by atoms with Gasteiger partial charge in [0.25, 0.3) is 5.91 Å². The van der Waals surface area contributed by atoms with E-state index >= 15 is 0 Å². The number of ether oxygens (including phenoxy) is 1. The summed E-state index contributed by atoms with van der Waals surface area (Å²) in [6.45, 7) is 5.51. The highest BCUT2D eigenvalue weighted by Gasteiger charge is 2.29. The van der Waals surface area contributed by atoms with Gasteiger partial charge in [-0.15, -0.1) is 0 Å². The van der Waals surface area contributed by atoms with Crippen LogP contribution in [0.4, 0.5) is 0 Å². The van der Waals surface area contributed by atoms with Gasteiger partial charge in [0.1, 0.15) is 5.15 Å². The lowest BCUT2D eigenvalue weighted by Crippen LogP contribution is -2.49. The Morgan fingerprint density at radius 3 is 2.80 bits per heavy atom. The average Bonchev–Trinajstić information content (AvgIpc) is 2.38. The van der Waals surface area contributed by atoms with Crippen molar-refractivity contribution < 1.29 is 9.53 Å². The first-order valence-corrected chi connectivity index (χ1v) is 7.47. The first kappa shape index (κ1) is 15.3. The van der Waals surface area contributed by atoms with Crippen molar-refractivity contribution in [3.8, 4) is 0 Å². The number of nitrogens with zero attached hydrogens (tertiary/aromatic N) is 1. The maximum atomic E-state index is 12.4. The number of hydrogen-bond acceptors (Lipinski definition) is 3. The Kier molecular flexibility index (Phi) is 5.00. The largest absolute Gasteiger partial charge is 0.381 e. The molecule has 2 heterocycles. The van der Waals surface area contributed by atoms with E-state index in [0.29, 0.717) is 23.9 Å². The van der Waals surface area contributed by atoms with E-state index in [0.717, 1.165) is 31.4 Å². The molecule has 110 valence electrons. The Morgan fingerprint density at radius 1 is 1.45 bits per heavy atom. The van der Waals surface area contributed by atoms with Gasteiger partial charge >= 0.3 is 0 Å². The minimum atomic E-state index is -0.198. The van der Waals surface area contributed by atoms with Gasteiger partial charge in [-0.2, -0.15) is 0 Å². The van der Waals surface area contributed by atoms with Crippen molar-refractivity contribution in [2.24, 2.45) is 0 Å². The minimum absolute atomic E-state index is 0.0870. The summed E-state index contributed by atoms with van der Waals surface area (Å²) in [6.07, 6.45) is 3.47. The van der Waals surface area contributed by atoms with Gasteiger partial charge < -0.3 is 10.1 Å². The molecule has 0 radical (unpaired) electrons. The third-order valence-corrected chi connectivity index (χ3v) is 3.82. The monoisotopic (exact) mass is 296 g/mol. The molecule has 0 saturated carbocycles. The number of carbonyl (C=O) groups excluding carboxylic acids is 1. The summed E-state index contributed by atoms with van der Waals surface area (Å²) >= 11 is 6.00. The predicted octanol–water partition coefficient (Wildman–Crippen LogP) is 2.99. The molecular formula is C15H21ClN2O2. The highest BCUT2D eigenvalue weighted by Crippen LogP contribution is 2.21. The van der Waals surface area contributed by atoms with Crippen molar-refractivity contribution in [3.63, 3.8) is 0 Å². The summed E-state index contributed by atoms with van der Waals surface area (Å²) in [4.78, 5) is 16.6. The number of hydrogen-bond donors (Lipinski definition) is 1. The molecule has 1 saturated heterocycles. The maximum Gasteiger partial charge on any atom is 0.251 e. The van der Waals surface area contributed by atoms with E-state index in [1.165, 1.54) is 0 Å². The van der Waals surface area contributed by atoms with Crippen LogP contribution < -0.4 is 5.32 Å². The molecule has 2 rings (SSSR count). The van der Waals surface area contributed by atoms with Gasteiger partial charge in [-0.05, 0) is 38.3 Å². The molecule has 0 aromatic carbocycles. The van der Waals surface area contributed by atoms with Crippen molar-refractivity contribution in [3.05, 3.63) is 28.5 Å². The smallest absolute Gasteiger partial charge is 0.251 e. The van der Waals surface area contributed by atoms with E-state index in [4.69, 9.17) is 16.3 Å². The molecule has 1 aliphatic heterocycles. The van der Waals surface area contributed by atoms with E-state index < -0.39 is 0 Å². The molecule has 4 nitrogen and oxygen atoms in total. The van der Waals surface area contributed by atoms with Crippen molar-refractivity contribution in [1.29, 1.82) is 0 Å². The molecule has 0 aliphatic carbocycles. The molecule has 1 N–H and O–H groups in total. The van der Waals surface area contributed by atoms with Gasteiger partial charge in [0.05, 0.1) is 0 Å². The number of aromatic nitrogens is 1. The van der Waals surface area contributed by atoms with Gasteiger partial charge in [-0.3, -0.25) is 4.79 Å². The number of rotatable bonds is 4. The maximum absolute atomic E-state index is 12.4. The lowest BCUT2D eigenvalue weighted by atomic mass is 9.92. The fourth-order valence-corrected chi connectivity index (χ4v) is 2.59. The van der Waals surface area contributed by atoms with E-state index in [9.17, 15) is 4.79 Å². The van der Waals surface area contributed by atoms with Crippen LogP contribution in [0.3, 0.4) is 0 Å². The second-order valence-electron chi connectivity index (χ2n) is 5.55. The summed E-state index contributed by atoms with van der Waals surface area (Å²) in [5, 5.41) is 3.48. The molecule has 1 amide bonds. The van der Waals surface area contributed by atoms with Crippen molar-refractivity contribution in [2.45, 2.75) is 45.1 Å². The highest BCUT2D eigenvalue weighted by molar-refractivity contribution is 6.29. The van der Waals surface area contributed by atoms with Gasteiger partial charge in [-0.1, -0.05) is 24.9 Å². The lowest BCUT2D eigenvalue weighted by molar-refractivity contribution is 0.0423. The number of carbonyl (C=O) groups is 1. The molecule has 0 atom stereocenters. The third-order valence-electron chi connectivity index (χ3n) is 3.63. The molecule has 1 aromatic heterocycles. The molecule has 1 aliphatic rings. The van der Waals surface area contributed by atoms with Crippen molar-refractivity contribution in [2.75, 3.05) is 13.2 Å². The Labute approximate surface area is 124 Å². The lowest BCUT2D eigenvalue weighted by Gasteiger charge is -2.34. The van der Waals surface area contributed by atoms with Crippen LogP contribution in [0.15, 0.2) is 12.1 Å². The molecule has 5 heteroatoms. The van der Waals surface area contributed by atoms with Gasteiger partial charge in [0, 0.05) is 30.0 Å². The SMILES string of the molecule is CCCc1cc(C(=O)NC2(C)CCOCC2)cc(Cl)n1. The number of amides is 1. The standard InChI is InChI=1S/C15H21ClN2O2/c1-3-4-12-9-11(10-13(16)17-12)14(19)18-15(2)5-7-20-8-6-15/h9-10H,3-8H2,1-2H3,(H,18,19). The number of nitrogens with one attached hydrogen (secondary N) is 1. The van der Waals surface area contributed by atoms with Crippen LogP contribution in [-0.4, -0.2) is 29.6 Å². The van der Waals surface area contributed by atoms with Gasteiger partial charge in [0.15, 0.2) is 0 Å². The fraction of sp³-hybridized carbons (Fsp3) is 0.600. The average molecular weight is 297 g/mol. The quantitative estimate of drug-likeness (QED) is 0.869. The van der Waals surface area contributed by atoms with Crippen LogP contribution >= 0.6 is 11.6 Å². The topological polar surface area (TPSA) is 51.2 Å². The zero-order valence-corrected chi connectivity index (χ0v) is 12.8. The first-order chi connectivity index (χ1) is 9.52. The predicted molar refractivity (Wildman–Crippen MR) is 79.2 cm³/mol. The van der Waals surface area contributed by atoms with Gasteiger partial charge in [-0.25, -0.2) is 4.98 Å². The number of halogens is 1. The van der Waals surface area contributed by atoms with E-state index in [2.05, 4.69) is 24.1 Å². The van der Waals surface area contributed by atoms with E-state index in [1.54, 1.807) is 6.07 Å². The third kappa shape index (κ3) is 3.93. The Morgan fingerprint density at radius 2 is 2.15 bits per heavy atom. The van der Waals surface area contributed by atoms with Crippen LogP contribution in [0.1, 0.15) is 49.2 Å². The first-order valence-electron chi connectivity index (χ1n) is 7.09. The van der Waals surface area contributed by atoms with Crippen LogP contribution in [0.5, 0.6) is 0 Å². The molecule has 0 bridgehead atoms. The van der Waals surface area contributed by atoms with E-state index in [-0.39, 0.29) is 11.4 Å². The second-order valence-corrected chi connectivity index (χ2v) is 5.93. The number of pyridine rings is 1. The Bertz CT molecular complexity index is 485. The Balaban J connectivity index is 2.12. The van der Waals surface area contributed by atoms with Crippen LogP contribution in [0.25, 0.3) is 0 Å². The normalized spacial score (nSPS) is 17.8. The van der Waals surface area contributed by atoms with Gasteiger partial charge in [0.2, 0.25) is 0 Å². The number of aryl methyl sites for hydroxylation is 1. The zero-order valence-electron chi connectivity index (χ0n) is 12.0. The molecular weight excluding hydrogens is 276 g/mol. The molecule has 1 aromatic rings. The highest BCUT2D eigenvalue weighted by atomic mass is 35.5. The fourth-order valence-electron chi connectivity index (χ4n) is 2.36. The van der Waals surface area contributed by atoms with Crippen molar-refractivity contribution in [1.82, 2.24) is 10.3 Å². The summed E-state index contributed by atoms with van der Waals surface area (Å²) < 4.78 is 5.34. The Hall–Kier alpha value is -1.13. The van der Waals surface area contributed by atoms with E-state index in [1.807, 2.05) is 6.07 Å². The van der Waals surface area contributed by atoms with Crippen LogP contribution in [0.2, 0.25) is 5.15 Å². The zero-order chi connectivity index (χ0) is 14.6. The molecule has 0 spiro atoms. The molecule has 20 heavy (non-hydrogen) atoms. The van der Waals surface area contributed by atoms with Crippen molar-refractivity contribution >= 4 is 17.5 Å². The van der Waals surface area contributed by atoms with Crippen LogP contribution in [0, 0.1) is 0 Å². The second kappa shape index (κ2) is 6.55.